The highest BCUT2D eigenvalue weighted by Gasteiger charge is 2.20. The van der Waals surface area contributed by atoms with Gasteiger partial charge >= 0.3 is 0 Å². The van der Waals surface area contributed by atoms with Gasteiger partial charge in [0.1, 0.15) is 6.10 Å². The topological polar surface area (TPSA) is 50.9 Å². The highest BCUT2D eigenvalue weighted by atomic mass is 32.1. The summed E-state index contributed by atoms with van der Waals surface area (Å²) in [6.45, 7) is 0. The Morgan fingerprint density at radius 2 is 2.17 bits per heavy atom. The average Bonchev–Trinajstić information content (AvgIpc) is 2.90. The molecule has 4 nitrogen and oxygen atoms in total. The second-order valence-electron chi connectivity index (χ2n) is 4.84. The summed E-state index contributed by atoms with van der Waals surface area (Å²) in [5.74, 6) is 0. The van der Waals surface area contributed by atoms with Crippen molar-refractivity contribution in [1.82, 2.24) is 15.0 Å². The summed E-state index contributed by atoms with van der Waals surface area (Å²) in [6.07, 6.45) is 7.23. The summed E-state index contributed by atoms with van der Waals surface area (Å²) in [6, 6.07) is 2.17. The molecule has 0 spiro atoms. The second-order valence-corrected chi connectivity index (χ2v) is 6.01. The van der Waals surface area contributed by atoms with Crippen molar-refractivity contribution in [3.05, 3.63) is 33.3 Å². The quantitative estimate of drug-likeness (QED) is 0.845. The number of aliphatic hydroxyl groups excluding tert-OH is 1. The van der Waals surface area contributed by atoms with E-state index in [-0.39, 0.29) is 0 Å². The molecule has 1 N–H and O–H groups in total. The van der Waals surface area contributed by atoms with E-state index in [1.165, 1.54) is 29.7 Å². The van der Waals surface area contributed by atoms with E-state index in [0.717, 1.165) is 23.4 Å². The maximum Gasteiger partial charge on any atom is 0.131 e. The third-order valence-electron chi connectivity index (χ3n) is 3.56. The Bertz CT molecular complexity index is 523. The Balaban J connectivity index is 1.91. The standard InChI is InChI=1S/C13H17N3OS/c1-16-10(8-14-15-16)13(17)12-7-9-5-3-2-4-6-11(9)18-12/h7-8,13,17H,2-6H2,1H3. The van der Waals surface area contributed by atoms with Crippen LogP contribution in [0.4, 0.5) is 0 Å². The Labute approximate surface area is 110 Å². The minimum atomic E-state index is -0.595. The maximum absolute atomic E-state index is 10.4. The molecule has 0 aromatic carbocycles. The monoisotopic (exact) mass is 263 g/mol. The molecule has 0 radical (unpaired) electrons. The molecule has 1 unspecified atom stereocenters. The van der Waals surface area contributed by atoms with Crippen LogP contribution in [-0.2, 0) is 19.9 Å². The first-order chi connectivity index (χ1) is 8.75. The van der Waals surface area contributed by atoms with Crippen molar-refractivity contribution in [3.8, 4) is 0 Å². The smallest absolute Gasteiger partial charge is 0.131 e. The number of rotatable bonds is 2. The van der Waals surface area contributed by atoms with E-state index in [2.05, 4.69) is 16.4 Å². The van der Waals surface area contributed by atoms with Crippen LogP contribution in [0, 0.1) is 0 Å². The first-order valence-corrected chi connectivity index (χ1v) is 7.21. The third kappa shape index (κ3) is 2.08. The van der Waals surface area contributed by atoms with Gasteiger partial charge in [0.05, 0.1) is 11.9 Å². The zero-order valence-electron chi connectivity index (χ0n) is 10.5. The first kappa shape index (κ1) is 11.9. The molecule has 1 aliphatic rings. The fourth-order valence-electron chi connectivity index (χ4n) is 2.52. The number of hydrogen-bond donors (Lipinski definition) is 1. The fraction of sp³-hybridized carbons (Fsp3) is 0.538. The van der Waals surface area contributed by atoms with Crippen LogP contribution in [0.1, 0.15) is 46.4 Å². The zero-order chi connectivity index (χ0) is 12.5. The first-order valence-electron chi connectivity index (χ1n) is 6.40. The van der Waals surface area contributed by atoms with Crippen LogP contribution in [-0.4, -0.2) is 20.1 Å². The molecule has 0 amide bonds. The summed E-state index contributed by atoms with van der Waals surface area (Å²) >= 11 is 1.74. The Morgan fingerprint density at radius 1 is 1.33 bits per heavy atom. The number of hydrogen-bond acceptors (Lipinski definition) is 4. The molecule has 5 heteroatoms. The summed E-state index contributed by atoms with van der Waals surface area (Å²) in [7, 11) is 1.81. The Morgan fingerprint density at radius 3 is 2.94 bits per heavy atom. The molecule has 2 aromatic rings. The molecule has 0 bridgehead atoms. The lowest BCUT2D eigenvalue weighted by Gasteiger charge is -2.07. The molecule has 96 valence electrons. The van der Waals surface area contributed by atoms with Crippen LogP contribution >= 0.6 is 11.3 Å². The van der Waals surface area contributed by atoms with Crippen LogP contribution in [0.3, 0.4) is 0 Å². The number of aliphatic hydroxyl groups is 1. The van der Waals surface area contributed by atoms with Crippen LogP contribution in [0.2, 0.25) is 0 Å². The molecule has 1 aliphatic carbocycles. The van der Waals surface area contributed by atoms with Gasteiger partial charge in [-0.15, -0.1) is 16.4 Å². The third-order valence-corrected chi connectivity index (χ3v) is 4.85. The number of thiophene rings is 1. The lowest BCUT2D eigenvalue weighted by Crippen LogP contribution is -2.05. The predicted molar refractivity (Wildman–Crippen MR) is 70.6 cm³/mol. The largest absolute Gasteiger partial charge is 0.381 e. The zero-order valence-corrected chi connectivity index (χ0v) is 11.3. The maximum atomic E-state index is 10.4. The van der Waals surface area contributed by atoms with E-state index in [1.54, 1.807) is 22.2 Å². The molecular formula is C13H17N3OS. The van der Waals surface area contributed by atoms with Crippen molar-refractivity contribution >= 4 is 11.3 Å². The highest BCUT2D eigenvalue weighted by molar-refractivity contribution is 7.12. The number of aryl methyl sites for hydroxylation is 3. The van der Waals surface area contributed by atoms with Gasteiger partial charge in [-0.3, -0.25) is 0 Å². The molecule has 2 aromatic heterocycles. The minimum absolute atomic E-state index is 0.595. The van der Waals surface area contributed by atoms with E-state index >= 15 is 0 Å². The molecule has 0 saturated heterocycles. The van der Waals surface area contributed by atoms with E-state index < -0.39 is 6.10 Å². The molecule has 18 heavy (non-hydrogen) atoms. The van der Waals surface area contributed by atoms with Crippen molar-refractivity contribution in [1.29, 1.82) is 0 Å². The van der Waals surface area contributed by atoms with Crippen molar-refractivity contribution < 1.29 is 5.11 Å². The summed E-state index contributed by atoms with van der Waals surface area (Å²) in [4.78, 5) is 2.48. The second kappa shape index (κ2) is 4.82. The van der Waals surface area contributed by atoms with Gasteiger partial charge in [0.2, 0.25) is 0 Å². The lowest BCUT2D eigenvalue weighted by atomic mass is 10.1. The van der Waals surface area contributed by atoms with Gasteiger partial charge in [0.25, 0.3) is 0 Å². The average molecular weight is 263 g/mol. The van der Waals surface area contributed by atoms with Gasteiger partial charge in [-0.25, -0.2) is 4.68 Å². The molecule has 3 rings (SSSR count). The van der Waals surface area contributed by atoms with Crippen molar-refractivity contribution in [2.45, 2.75) is 38.2 Å². The summed E-state index contributed by atoms with van der Waals surface area (Å²) in [5.41, 5.74) is 2.19. The summed E-state index contributed by atoms with van der Waals surface area (Å²) < 4.78 is 1.63. The van der Waals surface area contributed by atoms with E-state index in [0.29, 0.717) is 0 Å². The van der Waals surface area contributed by atoms with Crippen molar-refractivity contribution in [2.75, 3.05) is 0 Å². The van der Waals surface area contributed by atoms with Crippen molar-refractivity contribution in [3.63, 3.8) is 0 Å². The molecule has 0 saturated carbocycles. The van der Waals surface area contributed by atoms with E-state index in [4.69, 9.17) is 0 Å². The SMILES string of the molecule is Cn1nncc1C(O)c1cc2c(s1)CCCCC2. The van der Waals surface area contributed by atoms with Crippen molar-refractivity contribution in [2.24, 2.45) is 7.05 Å². The summed E-state index contributed by atoms with van der Waals surface area (Å²) in [5, 5.41) is 18.1. The van der Waals surface area contributed by atoms with Crippen LogP contribution < -0.4 is 0 Å². The Kier molecular flexibility index (Phi) is 3.18. The highest BCUT2D eigenvalue weighted by Crippen LogP contribution is 2.34. The normalized spacial score (nSPS) is 17.2. The number of nitrogens with zero attached hydrogens (tertiary/aromatic N) is 3. The van der Waals surface area contributed by atoms with E-state index in [1.807, 2.05) is 7.05 Å². The van der Waals surface area contributed by atoms with Gasteiger partial charge < -0.3 is 5.11 Å². The molecule has 1 atom stereocenters. The van der Waals surface area contributed by atoms with Crippen LogP contribution in [0.5, 0.6) is 0 Å². The number of aromatic nitrogens is 3. The lowest BCUT2D eigenvalue weighted by molar-refractivity contribution is 0.213. The van der Waals surface area contributed by atoms with Gasteiger partial charge in [-0.05, 0) is 37.3 Å². The molecular weight excluding hydrogens is 246 g/mol. The van der Waals surface area contributed by atoms with Gasteiger partial charge in [0, 0.05) is 16.8 Å². The molecule has 0 fully saturated rings. The number of fused-ring (bicyclic) bond motifs is 1. The van der Waals surface area contributed by atoms with Crippen LogP contribution in [0.25, 0.3) is 0 Å². The van der Waals surface area contributed by atoms with Crippen LogP contribution in [0.15, 0.2) is 12.3 Å². The fourth-order valence-corrected chi connectivity index (χ4v) is 3.77. The van der Waals surface area contributed by atoms with Gasteiger partial charge in [0.15, 0.2) is 0 Å². The Hall–Kier alpha value is -1.20. The van der Waals surface area contributed by atoms with E-state index in [9.17, 15) is 5.11 Å². The predicted octanol–water partition coefficient (Wildman–Crippen LogP) is 2.23. The molecule has 2 heterocycles. The van der Waals surface area contributed by atoms with Gasteiger partial charge in [-0.1, -0.05) is 11.6 Å². The molecule has 0 aliphatic heterocycles. The van der Waals surface area contributed by atoms with Gasteiger partial charge in [-0.2, -0.15) is 0 Å². The minimum Gasteiger partial charge on any atom is -0.381 e.